The van der Waals surface area contributed by atoms with Gasteiger partial charge in [0.05, 0.1) is 5.56 Å². The van der Waals surface area contributed by atoms with Crippen LogP contribution in [0, 0.1) is 0 Å². The molecule has 3 rings (SSSR count). The number of rotatable bonds is 6. The Morgan fingerprint density at radius 1 is 0.944 bits per heavy atom. The van der Waals surface area contributed by atoms with Gasteiger partial charge in [-0.05, 0) is 60.1 Å². The van der Waals surface area contributed by atoms with Gasteiger partial charge in [-0.2, -0.15) is 0 Å². The number of alkyl carbamates (subject to hydrolysis) is 1. The molecule has 0 unspecified atom stereocenters. The molecular formula is C26H32N4O6. The van der Waals surface area contributed by atoms with Crippen LogP contribution in [0.15, 0.2) is 51.7 Å². The number of hydrogen-bond donors (Lipinski definition) is 2. The smallest absolute Gasteiger partial charge is 0.408 e. The Kier molecular flexibility index (Phi) is 7.38. The molecule has 0 fully saturated rings. The lowest BCUT2D eigenvalue weighted by Gasteiger charge is -2.29. The normalized spacial score (nSPS) is 13.5. The molecule has 2 N–H and O–H groups in total. The van der Waals surface area contributed by atoms with Crippen molar-refractivity contribution in [3.63, 3.8) is 0 Å². The van der Waals surface area contributed by atoms with Crippen molar-refractivity contribution in [2.24, 2.45) is 0 Å². The van der Waals surface area contributed by atoms with Gasteiger partial charge in [-0.3, -0.25) is 4.79 Å². The van der Waals surface area contributed by atoms with Crippen LogP contribution in [0.4, 0.5) is 4.79 Å². The largest absolute Gasteiger partial charge is 0.456 e. The molecule has 2 heterocycles. The van der Waals surface area contributed by atoms with Crippen LogP contribution in [0.25, 0.3) is 11.6 Å². The third kappa shape index (κ3) is 7.27. The van der Waals surface area contributed by atoms with Crippen LogP contribution in [0.2, 0.25) is 0 Å². The highest BCUT2D eigenvalue weighted by Gasteiger charge is 2.37. The van der Waals surface area contributed by atoms with Crippen molar-refractivity contribution in [3.8, 4) is 11.6 Å². The van der Waals surface area contributed by atoms with E-state index < -0.39 is 34.4 Å². The van der Waals surface area contributed by atoms with Gasteiger partial charge in [-0.1, -0.05) is 30.3 Å². The molecular weight excluding hydrogens is 464 g/mol. The average molecular weight is 497 g/mol. The molecule has 10 nitrogen and oxygen atoms in total. The fourth-order valence-corrected chi connectivity index (χ4v) is 3.37. The third-order valence-electron chi connectivity index (χ3n) is 4.78. The van der Waals surface area contributed by atoms with Gasteiger partial charge in [-0.25, -0.2) is 9.59 Å². The molecule has 192 valence electrons. The number of aromatic amines is 1. The molecule has 0 saturated carbocycles. The van der Waals surface area contributed by atoms with Gasteiger partial charge >= 0.3 is 12.1 Å². The molecule has 0 radical (unpaired) electrons. The topological polar surface area (TPSA) is 136 Å². The zero-order valence-electron chi connectivity index (χ0n) is 21.6. The Hall–Kier alpha value is -3.95. The monoisotopic (exact) mass is 496 g/mol. The fourth-order valence-electron chi connectivity index (χ4n) is 3.37. The van der Waals surface area contributed by atoms with E-state index in [-0.39, 0.29) is 23.0 Å². The van der Waals surface area contributed by atoms with E-state index >= 15 is 0 Å². The first-order valence-corrected chi connectivity index (χ1v) is 11.5. The Balaban J connectivity index is 1.97. The summed E-state index contributed by atoms with van der Waals surface area (Å²) in [6.07, 6.45) is -0.329. The molecule has 0 saturated heterocycles. The Morgan fingerprint density at radius 3 is 2.19 bits per heavy atom. The second-order valence-corrected chi connectivity index (χ2v) is 10.7. The maximum atomic E-state index is 12.7. The molecule has 0 aliphatic carbocycles. The summed E-state index contributed by atoms with van der Waals surface area (Å²) in [6, 6.07) is 12.0. The van der Waals surface area contributed by atoms with E-state index in [0.29, 0.717) is 6.42 Å². The van der Waals surface area contributed by atoms with Crippen molar-refractivity contribution < 1.29 is 23.5 Å². The zero-order valence-corrected chi connectivity index (χ0v) is 21.6. The molecule has 0 aliphatic rings. The number of amides is 1. The second kappa shape index (κ2) is 9.96. The van der Waals surface area contributed by atoms with E-state index in [2.05, 4.69) is 20.5 Å². The van der Waals surface area contributed by atoms with Crippen LogP contribution >= 0.6 is 0 Å². The number of carbonyl (C=O) groups excluding carboxylic acids is 2. The van der Waals surface area contributed by atoms with Gasteiger partial charge in [0.1, 0.15) is 22.4 Å². The van der Waals surface area contributed by atoms with Crippen LogP contribution in [-0.4, -0.2) is 38.4 Å². The SMILES string of the molecule is CC(C)(C)OC(=O)N[C@@](C)(Cc1ccccc1)c1nnc(-c2cc(C(=O)OC(C)(C)C)cc(=O)[nH]2)o1. The Labute approximate surface area is 209 Å². The lowest BCUT2D eigenvalue weighted by atomic mass is 9.92. The van der Waals surface area contributed by atoms with Crippen molar-refractivity contribution in [3.05, 3.63) is 69.8 Å². The van der Waals surface area contributed by atoms with E-state index in [9.17, 15) is 14.4 Å². The summed E-state index contributed by atoms with van der Waals surface area (Å²) in [4.78, 5) is 40.0. The summed E-state index contributed by atoms with van der Waals surface area (Å²) < 4.78 is 16.7. The van der Waals surface area contributed by atoms with Crippen LogP contribution in [0.3, 0.4) is 0 Å². The zero-order chi connectivity index (χ0) is 26.7. The number of hydrogen-bond acceptors (Lipinski definition) is 8. The van der Waals surface area contributed by atoms with Crippen LogP contribution in [-0.2, 0) is 21.4 Å². The van der Waals surface area contributed by atoms with Crippen molar-refractivity contribution in [2.45, 2.75) is 71.6 Å². The highest BCUT2D eigenvalue weighted by molar-refractivity contribution is 5.90. The number of benzene rings is 1. The van der Waals surface area contributed by atoms with Gasteiger partial charge in [-0.15, -0.1) is 10.2 Å². The molecule has 3 aromatic rings. The summed E-state index contributed by atoms with van der Waals surface area (Å²) >= 11 is 0. The number of aromatic nitrogens is 3. The highest BCUT2D eigenvalue weighted by atomic mass is 16.6. The number of H-pyrrole nitrogens is 1. The second-order valence-electron chi connectivity index (χ2n) is 10.7. The lowest BCUT2D eigenvalue weighted by Crippen LogP contribution is -2.47. The number of pyridine rings is 1. The predicted molar refractivity (Wildman–Crippen MR) is 132 cm³/mol. The predicted octanol–water partition coefficient (Wildman–Crippen LogP) is 4.36. The standard InChI is InChI=1S/C26H32N4O6/c1-24(2,3)35-21(32)17-13-18(27-19(31)14-17)20-29-30-22(34-20)26(7,15-16-11-9-8-10-12-16)28-23(33)36-25(4,5)6/h8-14H,15H2,1-7H3,(H,27,31)(H,28,33)/t26-/m0/s1. The van der Waals surface area contributed by atoms with Gasteiger partial charge in [0.15, 0.2) is 0 Å². The number of nitrogens with zero attached hydrogens (tertiary/aromatic N) is 2. The molecule has 0 aliphatic heterocycles. The first-order valence-electron chi connectivity index (χ1n) is 11.5. The average Bonchev–Trinajstić information content (AvgIpc) is 3.22. The molecule has 10 heteroatoms. The van der Waals surface area contributed by atoms with E-state index in [1.54, 1.807) is 48.5 Å². The van der Waals surface area contributed by atoms with Crippen molar-refractivity contribution >= 4 is 12.1 Å². The summed E-state index contributed by atoms with van der Waals surface area (Å²) in [6.45, 7) is 12.2. The van der Waals surface area contributed by atoms with Gasteiger partial charge in [0.25, 0.3) is 5.89 Å². The Morgan fingerprint density at radius 2 is 1.58 bits per heavy atom. The minimum absolute atomic E-state index is 0.0298. The first-order chi connectivity index (χ1) is 16.6. The molecule has 1 amide bonds. The Bertz CT molecular complexity index is 1280. The summed E-state index contributed by atoms with van der Waals surface area (Å²) in [5.41, 5.74) is -2.02. The van der Waals surface area contributed by atoms with Crippen molar-refractivity contribution in [1.29, 1.82) is 0 Å². The number of carbonyl (C=O) groups is 2. The van der Waals surface area contributed by atoms with E-state index in [4.69, 9.17) is 13.9 Å². The number of ether oxygens (including phenoxy) is 2. The lowest BCUT2D eigenvalue weighted by molar-refractivity contribution is 0.00688. The maximum Gasteiger partial charge on any atom is 0.408 e. The van der Waals surface area contributed by atoms with Crippen molar-refractivity contribution in [1.82, 2.24) is 20.5 Å². The van der Waals surface area contributed by atoms with Crippen LogP contribution in [0.5, 0.6) is 0 Å². The van der Waals surface area contributed by atoms with Crippen LogP contribution < -0.4 is 10.9 Å². The quantitative estimate of drug-likeness (QED) is 0.480. The van der Waals surface area contributed by atoms with E-state index in [1.165, 1.54) is 6.07 Å². The molecule has 36 heavy (non-hydrogen) atoms. The third-order valence-corrected chi connectivity index (χ3v) is 4.78. The highest BCUT2D eigenvalue weighted by Crippen LogP contribution is 2.28. The van der Waals surface area contributed by atoms with Gasteiger partial charge in [0, 0.05) is 12.5 Å². The minimum atomic E-state index is -1.14. The van der Waals surface area contributed by atoms with Crippen LogP contribution in [0.1, 0.15) is 70.3 Å². The van der Waals surface area contributed by atoms with E-state index in [0.717, 1.165) is 11.6 Å². The van der Waals surface area contributed by atoms with Gasteiger partial charge < -0.3 is 24.2 Å². The number of esters is 1. The van der Waals surface area contributed by atoms with E-state index in [1.807, 2.05) is 30.3 Å². The molecule has 0 spiro atoms. The first kappa shape index (κ1) is 26.7. The molecule has 0 bridgehead atoms. The molecule has 2 aromatic heterocycles. The molecule has 1 atom stereocenters. The van der Waals surface area contributed by atoms with Crippen molar-refractivity contribution in [2.75, 3.05) is 0 Å². The molecule has 1 aromatic carbocycles. The summed E-state index contributed by atoms with van der Waals surface area (Å²) in [5, 5.41) is 11.1. The number of nitrogens with one attached hydrogen (secondary N) is 2. The minimum Gasteiger partial charge on any atom is -0.456 e. The van der Waals surface area contributed by atoms with Gasteiger partial charge in [0.2, 0.25) is 11.4 Å². The summed E-state index contributed by atoms with van der Waals surface area (Å²) in [5.74, 6) is -0.594. The maximum absolute atomic E-state index is 12.7. The fraction of sp³-hybridized carbons (Fsp3) is 0.423. The summed E-state index contributed by atoms with van der Waals surface area (Å²) in [7, 11) is 0.